The molecule has 0 aliphatic heterocycles. The van der Waals surface area contributed by atoms with Gasteiger partial charge in [0.15, 0.2) is 0 Å². The van der Waals surface area contributed by atoms with Crippen molar-refractivity contribution in [2.24, 2.45) is 7.05 Å². The Morgan fingerprint density at radius 2 is 1.95 bits per heavy atom. The third kappa shape index (κ3) is 1.90. The average molecular weight is 373 g/mol. The van der Waals surface area contributed by atoms with Crippen molar-refractivity contribution in [2.45, 2.75) is 6.92 Å². The van der Waals surface area contributed by atoms with E-state index in [-0.39, 0.29) is 0 Å². The van der Waals surface area contributed by atoms with Crippen LogP contribution in [0.5, 0.6) is 0 Å². The molecule has 0 saturated heterocycles. The lowest BCUT2D eigenvalue weighted by Gasteiger charge is -2.07. The Balaban J connectivity index is 2.36. The normalized spacial score (nSPS) is 10.7. The van der Waals surface area contributed by atoms with Crippen LogP contribution in [0.1, 0.15) is 11.1 Å². The number of hydrogen-bond donors (Lipinski definition) is 0. The monoisotopic (exact) mass is 373 g/mol. The van der Waals surface area contributed by atoms with Crippen LogP contribution in [0.3, 0.4) is 0 Å². The first-order chi connectivity index (χ1) is 9.63. The first-order valence-electron chi connectivity index (χ1n) is 6.24. The second-order valence-electron chi connectivity index (χ2n) is 4.72. The van der Waals surface area contributed by atoms with Crippen LogP contribution < -0.4 is 0 Å². The van der Waals surface area contributed by atoms with Crippen molar-refractivity contribution in [1.82, 2.24) is 9.55 Å². The molecular weight excluding hydrogens is 361 g/mol. The summed E-state index contributed by atoms with van der Waals surface area (Å²) in [5.74, 6) is 0.899. The standard InChI is InChI=1S/C16H12IN3/c1-10-5-3-7-12(14(10)17)16-19-15-11(9-18)6-4-8-13(15)20(16)2/h3-8H,1-2H3. The Labute approximate surface area is 131 Å². The number of aromatic nitrogens is 2. The summed E-state index contributed by atoms with van der Waals surface area (Å²) in [6.07, 6.45) is 0. The van der Waals surface area contributed by atoms with E-state index in [1.165, 1.54) is 9.13 Å². The van der Waals surface area contributed by atoms with Crippen molar-refractivity contribution in [3.63, 3.8) is 0 Å². The van der Waals surface area contributed by atoms with Gasteiger partial charge < -0.3 is 4.57 Å². The number of benzene rings is 2. The molecule has 0 aliphatic carbocycles. The number of para-hydroxylation sites is 1. The second kappa shape index (κ2) is 4.91. The fourth-order valence-corrected chi connectivity index (χ4v) is 2.97. The molecule has 1 aromatic heterocycles. The van der Waals surface area contributed by atoms with Gasteiger partial charge in [0.1, 0.15) is 17.4 Å². The van der Waals surface area contributed by atoms with Crippen LogP contribution in [-0.4, -0.2) is 9.55 Å². The third-order valence-electron chi connectivity index (χ3n) is 3.46. The molecule has 0 spiro atoms. The zero-order valence-corrected chi connectivity index (χ0v) is 13.3. The van der Waals surface area contributed by atoms with Crippen LogP contribution >= 0.6 is 22.6 Å². The van der Waals surface area contributed by atoms with Gasteiger partial charge in [-0.2, -0.15) is 5.26 Å². The number of nitriles is 1. The predicted molar refractivity (Wildman–Crippen MR) is 88.3 cm³/mol. The number of halogens is 1. The van der Waals surface area contributed by atoms with Crippen LogP contribution in [-0.2, 0) is 7.05 Å². The van der Waals surface area contributed by atoms with Crippen LogP contribution in [0.15, 0.2) is 36.4 Å². The lowest BCUT2D eigenvalue weighted by molar-refractivity contribution is 0.958. The fourth-order valence-electron chi connectivity index (χ4n) is 2.37. The van der Waals surface area contributed by atoms with Crippen LogP contribution in [0.25, 0.3) is 22.4 Å². The number of rotatable bonds is 1. The molecule has 0 radical (unpaired) electrons. The highest BCUT2D eigenvalue weighted by molar-refractivity contribution is 14.1. The molecule has 2 aromatic carbocycles. The maximum Gasteiger partial charge on any atom is 0.141 e. The van der Waals surface area contributed by atoms with Gasteiger partial charge in [0.2, 0.25) is 0 Å². The van der Waals surface area contributed by atoms with E-state index in [2.05, 4.69) is 47.7 Å². The average Bonchev–Trinajstić information content (AvgIpc) is 2.79. The zero-order valence-electron chi connectivity index (χ0n) is 11.2. The summed E-state index contributed by atoms with van der Waals surface area (Å²) >= 11 is 2.35. The number of fused-ring (bicyclic) bond motifs is 1. The fraction of sp³-hybridized carbons (Fsp3) is 0.125. The molecule has 4 heteroatoms. The Kier molecular flexibility index (Phi) is 3.22. The summed E-state index contributed by atoms with van der Waals surface area (Å²) in [6, 6.07) is 14.1. The van der Waals surface area contributed by atoms with E-state index in [4.69, 9.17) is 4.98 Å². The van der Waals surface area contributed by atoms with Gasteiger partial charge in [0, 0.05) is 16.2 Å². The molecular formula is C16H12IN3. The van der Waals surface area contributed by atoms with Crippen molar-refractivity contribution in [3.8, 4) is 17.5 Å². The number of hydrogen-bond acceptors (Lipinski definition) is 2. The van der Waals surface area contributed by atoms with E-state index < -0.39 is 0 Å². The van der Waals surface area contributed by atoms with Gasteiger partial charge >= 0.3 is 0 Å². The first kappa shape index (κ1) is 13.1. The highest BCUT2D eigenvalue weighted by Gasteiger charge is 2.15. The van der Waals surface area contributed by atoms with Crippen LogP contribution in [0.4, 0.5) is 0 Å². The lowest BCUT2D eigenvalue weighted by Crippen LogP contribution is -1.95. The molecule has 20 heavy (non-hydrogen) atoms. The first-order valence-corrected chi connectivity index (χ1v) is 7.32. The van der Waals surface area contributed by atoms with Gasteiger partial charge in [-0.3, -0.25) is 0 Å². The van der Waals surface area contributed by atoms with E-state index in [9.17, 15) is 5.26 Å². The quantitative estimate of drug-likeness (QED) is 0.605. The van der Waals surface area contributed by atoms with Crippen molar-refractivity contribution >= 4 is 33.6 Å². The summed E-state index contributed by atoms with van der Waals surface area (Å²) in [5, 5.41) is 9.20. The van der Waals surface area contributed by atoms with Crippen LogP contribution in [0, 0.1) is 21.8 Å². The smallest absolute Gasteiger partial charge is 0.141 e. The highest BCUT2D eigenvalue weighted by atomic mass is 127. The molecule has 0 unspecified atom stereocenters. The Morgan fingerprint density at radius 3 is 2.70 bits per heavy atom. The van der Waals surface area contributed by atoms with Crippen molar-refractivity contribution < 1.29 is 0 Å². The van der Waals surface area contributed by atoms with Crippen molar-refractivity contribution in [1.29, 1.82) is 5.26 Å². The van der Waals surface area contributed by atoms with E-state index >= 15 is 0 Å². The van der Waals surface area contributed by atoms with E-state index in [1.54, 1.807) is 6.07 Å². The van der Waals surface area contributed by atoms with Crippen molar-refractivity contribution in [3.05, 3.63) is 51.1 Å². The Hall–Kier alpha value is -1.87. The molecule has 3 aromatic rings. The molecule has 3 nitrogen and oxygen atoms in total. The molecule has 3 rings (SSSR count). The summed E-state index contributed by atoms with van der Waals surface area (Å²) < 4.78 is 3.25. The van der Waals surface area contributed by atoms with Crippen LogP contribution in [0.2, 0.25) is 0 Å². The number of aryl methyl sites for hydroxylation is 2. The summed E-state index contributed by atoms with van der Waals surface area (Å²) in [4.78, 5) is 4.69. The molecule has 0 amide bonds. The topological polar surface area (TPSA) is 41.6 Å². The largest absolute Gasteiger partial charge is 0.327 e. The molecule has 0 bridgehead atoms. The Bertz CT molecular complexity index is 856. The van der Waals surface area contributed by atoms with E-state index in [0.717, 1.165) is 22.4 Å². The minimum Gasteiger partial charge on any atom is -0.327 e. The summed E-state index contributed by atoms with van der Waals surface area (Å²) in [7, 11) is 1.99. The SMILES string of the molecule is Cc1cccc(-c2nc3c(C#N)cccc3n2C)c1I. The molecule has 98 valence electrons. The Morgan fingerprint density at radius 1 is 1.20 bits per heavy atom. The van der Waals surface area contributed by atoms with E-state index in [1.807, 2.05) is 29.8 Å². The zero-order chi connectivity index (χ0) is 14.3. The molecule has 0 atom stereocenters. The van der Waals surface area contributed by atoms with Crippen molar-refractivity contribution in [2.75, 3.05) is 0 Å². The third-order valence-corrected chi connectivity index (χ3v) is 4.90. The number of nitrogens with zero attached hydrogens (tertiary/aromatic N) is 3. The highest BCUT2D eigenvalue weighted by Crippen LogP contribution is 2.30. The molecule has 1 heterocycles. The maximum atomic E-state index is 9.20. The van der Waals surface area contributed by atoms with Gasteiger partial charge in [-0.15, -0.1) is 0 Å². The molecule has 0 fully saturated rings. The minimum atomic E-state index is 0.618. The van der Waals surface area contributed by atoms with Gasteiger partial charge in [-0.05, 0) is 47.2 Å². The van der Waals surface area contributed by atoms with Gasteiger partial charge in [0.25, 0.3) is 0 Å². The second-order valence-corrected chi connectivity index (χ2v) is 5.79. The predicted octanol–water partition coefficient (Wildman–Crippen LogP) is 4.03. The molecule has 0 aliphatic rings. The lowest BCUT2D eigenvalue weighted by atomic mass is 10.1. The maximum absolute atomic E-state index is 9.20. The van der Waals surface area contributed by atoms with Gasteiger partial charge in [-0.25, -0.2) is 4.98 Å². The summed E-state index contributed by atoms with van der Waals surface area (Å²) in [6.45, 7) is 2.09. The number of imidazole rings is 1. The minimum absolute atomic E-state index is 0.618. The van der Waals surface area contributed by atoms with Gasteiger partial charge in [0.05, 0.1) is 11.1 Å². The molecule has 0 saturated carbocycles. The van der Waals surface area contributed by atoms with Gasteiger partial charge in [-0.1, -0.05) is 24.3 Å². The summed E-state index contributed by atoms with van der Waals surface area (Å²) in [5.41, 5.74) is 4.71. The van der Waals surface area contributed by atoms with E-state index in [0.29, 0.717) is 5.56 Å². The molecule has 0 N–H and O–H groups in total.